The SMILES string of the molecule is C=C(/C=C\C=C/C)CN(C)OS. The first-order chi connectivity index (χ1) is 5.70. The maximum absolute atomic E-state index is 4.64. The van der Waals surface area contributed by atoms with Crippen LogP contribution in [0.25, 0.3) is 0 Å². The van der Waals surface area contributed by atoms with Gasteiger partial charge in [0.25, 0.3) is 0 Å². The summed E-state index contributed by atoms with van der Waals surface area (Å²) in [6.45, 7) is 6.46. The molecule has 0 rings (SSSR count). The number of allylic oxidation sites excluding steroid dienone is 3. The molecule has 0 fully saturated rings. The minimum Gasteiger partial charge on any atom is -0.232 e. The highest BCUT2D eigenvalue weighted by Crippen LogP contribution is 1.98. The molecule has 0 atom stereocenters. The van der Waals surface area contributed by atoms with Crippen molar-refractivity contribution in [1.29, 1.82) is 0 Å². The highest BCUT2D eigenvalue weighted by Gasteiger charge is 1.95. The van der Waals surface area contributed by atoms with Crippen molar-refractivity contribution < 1.29 is 4.28 Å². The van der Waals surface area contributed by atoms with Gasteiger partial charge in [0.1, 0.15) is 0 Å². The van der Waals surface area contributed by atoms with E-state index < -0.39 is 0 Å². The maximum atomic E-state index is 4.64. The molecule has 0 N–H and O–H groups in total. The number of rotatable bonds is 5. The number of nitrogens with zero attached hydrogens (tertiary/aromatic N) is 1. The van der Waals surface area contributed by atoms with Crippen molar-refractivity contribution >= 4 is 12.9 Å². The largest absolute Gasteiger partial charge is 0.232 e. The molecule has 3 heteroatoms. The predicted octanol–water partition coefficient (Wildman–Crippen LogP) is 2.38. The second-order valence-electron chi connectivity index (χ2n) is 2.41. The van der Waals surface area contributed by atoms with Gasteiger partial charge in [-0.25, -0.2) is 4.28 Å². The van der Waals surface area contributed by atoms with Crippen LogP contribution in [0.2, 0.25) is 0 Å². The summed E-state index contributed by atoms with van der Waals surface area (Å²) >= 11 is 3.65. The van der Waals surface area contributed by atoms with Crippen LogP contribution in [0.4, 0.5) is 0 Å². The Hall–Kier alpha value is -0.510. The van der Waals surface area contributed by atoms with Crippen LogP contribution in [-0.2, 0) is 4.28 Å². The normalized spacial score (nSPS) is 12.0. The Bertz CT molecular complexity index is 187. The van der Waals surface area contributed by atoms with Crippen LogP contribution in [0.3, 0.4) is 0 Å². The molecule has 68 valence electrons. The third kappa shape index (κ3) is 6.22. The Labute approximate surface area is 79.8 Å². The fourth-order valence-corrected chi connectivity index (χ4v) is 0.728. The quantitative estimate of drug-likeness (QED) is 0.305. The van der Waals surface area contributed by atoms with Gasteiger partial charge in [-0.3, -0.25) is 0 Å². The van der Waals surface area contributed by atoms with Gasteiger partial charge in [0.05, 0.1) is 0 Å². The van der Waals surface area contributed by atoms with Gasteiger partial charge < -0.3 is 0 Å². The average Bonchev–Trinajstić information content (AvgIpc) is 2.05. The van der Waals surface area contributed by atoms with Gasteiger partial charge in [-0.1, -0.05) is 30.9 Å². The summed E-state index contributed by atoms with van der Waals surface area (Å²) < 4.78 is 4.64. The van der Waals surface area contributed by atoms with Crippen molar-refractivity contribution in [2.45, 2.75) is 6.92 Å². The molecule has 0 radical (unpaired) electrons. The molecule has 0 spiro atoms. The van der Waals surface area contributed by atoms with E-state index in [2.05, 4.69) is 23.8 Å². The Morgan fingerprint density at radius 1 is 1.58 bits per heavy atom. The van der Waals surface area contributed by atoms with E-state index >= 15 is 0 Å². The van der Waals surface area contributed by atoms with Gasteiger partial charge in [-0.15, -0.1) is 0 Å². The third-order valence-corrected chi connectivity index (χ3v) is 1.48. The summed E-state index contributed by atoms with van der Waals surface area (Å²) in [4.78, 5) is 0. The van der Waals surface area contributed by atoms with E-state index in [1.54, 1.807) is 12.1 Å². The topological polar surface area (TPSA) is 12.5 Å². The van der Waals surface area contributed by atoms with Crippen LogP contribution in [0.5, 0.6) is 0 Å². The minimum absolute atomic E-state index is 0.650. The van der Waals surface area contributed by atoms with Gasteiger partial charge in [-0.2, -0.15) is 5.06 Å². The third-order valence-electron chi connectivity index (χ3n) is 1.20. The molecule has 0 heterocycles. The zero-order valence-corrected chi connectivity index (χ0v) is 8.42. The van der Waals surface area contributed by atoms with Gasteiger partial charge in [-0.05, 0) is 25.4 Å². The second kappa shape index (κ2) is 7.16. The zero-order chi connectivity index (χ0) is 9.40. The summed E-state index contributed by atoms with van der Waals surface area (Å²) in [6, 6.07) is 0. The zero-order valence-electron chi connectivity index (χ0n) is 7.53. The first-order valence-corrected chi connectivity index (χ1v) is 4.07. The fourth-order valence-electron chi connectivity index (χ4n) is 0.670. The second-order valence-corrected chi connectivity index (χ2v) is 2.57. The van der Waals surface area contributed by atoms with Crippen LogP contribution >= 0.6 is 12.9 Å². The molecule has 0 aliphatic rings. The standard InChI is InChI=1S/C9H15NOS/c1-4-5-6-7-9(2)8-10(3)11-12/h4-7,12H,2,8H2,1,3H3/b5-4-,7-6-. The fraction of sp³-hybridized carbons (Fsp3) is 0.333. The molecule has 0 unspecified atom stereocenters. The van der Waals surface area contributed by atoms with E-state index in [0.29, 0.717) is 6.54 Å². The monoisotopic (exact) mass is 185 g/mol. The van der Waals surface area contributed by atoms with Crippen molar-refractivity contribution in [2.24, 2.45) is 0 Å². The lowest BCUT2D eigenvalue weighted by atomic mass is 10.2. The summed E-state index contributed by atoms with van der Waals surface area (Å²) in [5, 5.41) is 1.59. The lowest BCUT2D eigenvalue weighted by Gasteiger charge is -2.10. The maximum Gasteiger partial charge on any atom is 0.0494 e. The molecule has 0 amide bonds. The van der Waals surface area contributed by atoms with Gasteiger partial charge in [0.2, 0.25) is 0 Å². The number of hydroxylamine groups is 2. The van der Waals surface area contributed by atoms with E-state index in [-0.39, 0.29) is 0 Å². The Balaban J connectivity index is 3.73. The predicted molar refractivity (Wildman–Crippen MR) is 55.8 cm³/mol. The first kappa shape index (κ1) is 11.5. The Kier molecular flexibility index (Phi) is 6.85. The molecule has 0 saturated carbocycles. The Morgan fingerprint density at radius 3 is 2.75 bits per heavy atom. The summed E-state index contributed by atoms with van der Waals surface area (Å²) in [5.74, 6) is 0. The van der Waals surface area contributed by atoms with E-state index in [9.17, 15) is 0 Å². The number of hydrogen-bond acceptors (Lipinski definition) is 3. The highest BCUT2D eigenvalue weighted by atomic mass is 32.1. The highest BCUT2D eigenvalue weighted by molar-refractivity contribution is 7.75. The summed E-state index contributed by atoms with van der Waals surface area (Å²) in [6.07, 6.45) is 7.79. The minimum atomic E-state index is 0.650. The van der Waals surface area contributed by atoms with Crippen LogP contribution in [-0.4, -0.2) is 18.7 Å². The van der Waals surface area contributed by atoms with E-state index in [1.807, 2.05) is 31.2 Å². The number of likely N-dealkylation sites (N-methyl/N-ethyl adjacent to an activating group) is 1. The summed E-state index contributed by atoms with van der Waals surface area (Å²) in [7, 11) is 1.79. The molecule has 0 aliphatic heterocycles. The smallest absolute Gasteiger partial charge is 0.0494 e. The summed E-state index contributed by atoms with van der Waals surface area (Å²) in [5.41, 5.74) is 0.977. The van der Waals surface area contributed by atoms with Crippen LogP contribution in [0, 0.1) is 0 Å². The van der Waals surface area contributed by atoms with Crippen molar-refractivity contribution in [1.82, 2.24) is 5.06 Å². The average molecular weight is 185 g/mol. The lowest BCUT2D eigenvalue weighted by molar-refractivity contribution is 0.00686. The molecule has 0 bridgehead atoms. The molecule has 0 aromatic rings. The van der Waals surface area contributed by atoms with Crippen molar-refractivity contribution in [3.05, 3.63) is 36.5 Å². The van der Waals surface area contributed by atoms with Crippen molar-refractivity contribution in [2.75, 3.05) is 13.6 Å². The van der Waals surface area contributed by atoms with Crippen LogP contribution in [0.1, 0.15) is 6.92 Å². The van der Waals surface area contributed by atoms with Crippen molar-refractivity contribution in [3.63, 3.8) is 0 Å². The van der Waals surface area contributed by atoms with E-state index in [4.69, 9.17) is 0 Å². The molecule has 0 aromatic heterocycles. The van der Waals surface area contributed by atoms with Gasteiger partial charge in [0.15, 0.2) is 0 Å². The molecule has 0 aliphatic carbocycles. The van der Waals surface area contributed by atoms with Crippen LogP contribution in [0.15, 0.2) is 36.5 Å². The van der Waals surface area contributed by atoms with Crippen molar-refractivity contribution in [3.8, 4) is 0 Å². The van der Waals surface area contributed by atoms with Gasteiger partial charge in [0, 0.05) is 13.6 Å². The first-order valence-electron chi connectivity index (χ1n) is 3.70. The lowest BCUT2D eigenvalue weighted by Crippen LogP contribution is -2.16. The molecule has 0 aromatic carbocycles. The molecular formula is C9H15NOS. The number of hydrogen-bond donors (Lipinski definition) is 1. The molecular weight excluding hydrogens is 170 g/mol. The van der Waals surface area contributed by atoms with Gasteiger partial charge >= 0.3 is 0 Å². The molecule has 2 nitrogen and oxygen atoms in total. The Morgan fingerprint density at radius 2 is 2.25 bits per heavy atom. The molecule has 12 heavy (non-hydrogen) atoms. The molecule has 0 saturated heterocycles. The van der Waals surface area contributed by atoms with Crippen LogP contribution < -0.4 is 0 Å². The van der Waals surface area contributed by atoms with E-state index in [0.717, 1.165) is 5.57 Å². The number of thiol groups is 1. The van der Waals surface area contributed by atoms with E-state index in [1.165, 1.54) is 0 Å².